The van der Waals surface area contributed by atoms with Gasteiger partial charge >= 0.3 is 5.97 Å². The molecule has 68 valence electrons. The van der Waals surface area contributed by atoms with Gasteiger partial charge in [0.1, 0.15) is 0 Å². The van der Waals surface area contributed by atoms with Gasteiger partial charge in [0.2, 0.25) is 0 Å². The molecule has 0 radical (unpaired) electrons. The number of rotatable bonds is 1. The maximum atomic E-state index is 9.96. The summed E-state index contributed by atoms with van der Waals surface area (Å²) in [5.41, 5.74) is 0. The molecule has 0 saturated carbocycles. The molecular formula is C5H8Cl4O2. The molecule has 0 aromatic carbocycles. The van der Waals surface area contributed by atoms with Crippen molar-refractivity contribution in [2.75, 3.05) is 7.11 Å². The first kappa shape index (κ1) is 14.2. The molecule has 6 heteroatoms. The van der Waals surface area contributed by atoms with Crippen LogP contribution in [-0.4, -0.2) is 16.3 Å². The van der Waals surface area contributed by atoms with Gasteiger partial charge in [0.15, 0.2) is 0 Å². The van der Waals surface area contributed by atoms with Gasteiger partial charge in [-0.15, -0.1) is 0 Å². The molecule has 0 heterocycles. The van der Waals surface area contributed by atoms with E-state index in [1.165, 1.54) is 7.11 Å². The van der Waals surface area contributed by atoms with Crippen molar-refractivity contribution in [2.24, 2.45) is 0 Å². The normalized spacial score (nSPS) is 9.64. The maximum absolute atomic E-state index is 9.96. The molecule has 0 unspecified atom stereocenters. The Bertz CT molecular complexity index is 97.5. The van der Waals surface area contributed by atoms with E-state index >= 15 is 0 Å². The van der Waals surface area contributed by atoms with Gasteiger partial charge in [0.05, 0.1) is 7.11 Å². The van der Waals surface area contributed by atoms with E-state index in [9.17, 15) is 4.79 Å². The molecule has 0 N–H and O–H groups in total. The summed E-state index contributed by atoms with van der Waals surface area (Å²) >= 11 is 19.3. The lowest BCUT2D eigenvalue weighted by Gasteiger charge is -1.91. The molecular weight excluding hydrogens is 234 g/mol. The summed E-state index contributed by atoms with van der Waals surface area (Å²) in [6.07, 6.45) is 0.469. The van der Waals surface area contributed by atoms with Gasteiger partial charge in [-0.25, -0.2) is 0 Å². The highest BCUT2D eigenvalue weighted by Gasteiger charge is 2.11. The summed E-state index contributed by atoms with van der Waals surface area (Å²) in [6, 6.07) is 0. The predicted molar refractivity (Wildman–Crippen MR) is 48.5 cm³/mol. The van der Waals surface area contributed by atoms with Crippen LogP contribution in [0, 0.1) is 0 Å². The fraction of sp³-hybridized carbons (Fsp3) is 0.800. The third kappa shape index (κ3) is 36.9. The second-order valence-electron chi connectivity index (χ2n) is 1.36. The average Bonchev–Trinajstić information content (AvgIpc) is 1.83. The fourth-order valence-corrected chi connectivity index (χ4v) is 0.144. The van der Waals surface area contributed by atoms with E-state index in [-0.39, 0.29) is 5.97 Å². The molecule has 0 saturated heterocycles. The minimum atomic E-state index is -1.61. The zero-order valence-corrected chi connectivity index (χ0v) is 9.06. The molecule has 0 atom stereocenters. The maximum Gasteiger partial charge on any atom is 0.305 e. The zero-order chi connectivity index (χ0) is 9.49. The lowest BCUT2D eigenvalue weighted by molar-refractivity contribution is -0.140. The Balaban J connectivity index is 0. The number of ether oxygens (including phenoxy) is 1. The third-order valence-corrected chi connectivity index (χ3v) is 0.516. The Morgan fingerprint density at radius 2 is 1.64 bits per heavy atom. The SMILES string of the molecule is CCC(=O)OC.ClC(Cl)(Cl)Cl. The van der Waals surface area contributed by atoms with Crippen molar-refractivity contribution in [1.29, 1.82) is 0 Å². The van der Waals surface area contributed by atoms with Crippen molar-refractivity contribution < 1.29 is 9.53 Å². The van der Waals surface area contributed by atoms with Crippen LogP contribution in [-0.2, 0) is 9.53 Å². The van der Waals surface area contributed by atoms with Gasteiger partial charge < -0.3 is 4.74 Å². The highest BCUT2D eigenvalue weighted by atomic mass is 35.6. The Morgan fingerprint density at radius 3 is 1.64 bits per heavy atom. The van der Waals surface area contributed by atoms with E-state index < -0.39 is 3.25 Å². The zero-order valence-electron chi connectivity index (χ0n) is 6.04. The lowest BCUT2D eigenvalue weighted by atomic mass is 10.5. The molecule has 0 spiro atoms. The minimum Gasteiger partial charge on any atom is -0.469 e. The summed E-state index contributed by atoms with van der Waals surface area (Å²) in [6.45, 7) is 1.76. The van der Waals surface area contributed by atoms with Crippen LogP contribution in [0.4, 0.5) is 0 Å². The van der Waals surface area contributed by atoms with Gasteiger partial charge in [-0.2, -0.15) is 0 Å². The molecule has 0 aliphatic carbocycles. The number of hydrogen-bond acceptors (Lipinski definition) is 2. The van der Waals surface area contributed by atoms with Crippen LogP contribution in [0.2, 0.25) is 0 Å². The topological polar surface area (TPSA) is 26.3 Å². The molecule has 0 aliphatic rings. The molecule has 0 aliphatic heterocycles. The summed E-state index contributed by atoms with van der Waals surface area (Å²) in [5, 5.41) is 0. The molecule has 0 rings (SSSR count). The van der Waals surface area contributed by atoms with Crippen molar-refractivity contribution in [3.8, 4) is 0 Å². The van der Waals surface area contributed by atoms with Crippen molar-refractivity contribution in [3.05, 3.63) is 0 Å². The first-order chi connectivity index (χ1) is 4.81. The standard InChI is InChI=1S/C4H8O2.CCl4/c1-3-4(5)6-2;2-1(3,4)5/h3H2,1-2H3;. The largest absolute Gasteiger partial charge is 0.469 e. The highest BCUT2D eigenvalue weighted by Crippen LogP contribution is 2.29. The molecule has 2 nitrogen and oxygen atoms in total. The first-order valence-electron chi connectivity index (χ1n) is 2.63. The van der Waals surface area contributed by atoms with Crippen molar-refractivity contribution in [3.63, 3.8) is 0 Å². The second kappa shape index (κ2) is 7.29. The van der Waals surface area contributed by atoms with E-state index in [0.29, 0.717) is 6.42 Å². The predicted octanol–water partition coefficient (Wildman–Crippen LogP) is 3.12. The van der Waals surface area contributed by atoms with E-state index in [2.05, 4.69) is 4.74 Å². The Kier molecular flexibility index (Phi) is 9.39. The third-order valence-electron chi connectivity index (χ3n) is 0.516. The van der Waals surface area contributed by atoms with Crippen molar-refractivity contribution in [2.45, 2.75) is 16.6 Å². The van der Waals surface area contributed by atoms with Gasteiger partial charge in [0.25, 0.3) is 3.25 Å². The Labute approximate surface area is 85.7 Å². The smallest absolute Gasteiger partial charge is 0.305 e. The number of carbonyl (C=O) groups excluding carboxylic acids is 1. The number of esters is 1. The van der Waals surface area contributed by atoms with Crippen molar-refractivity contribution in [1.82, 2.24) is 0 Å². The Hall–Kier alpha value is 0.630. The molecule has 11 heavy (non-hydrogen) atoms. The number of hydrogen-bond donors (Lipinski definition) is 0. The van der Waals surface area contributed by atoms with Crippen LogP contribution in [0.3, 0.4) is 0 Å². The molecule has 0 aromatic rings. The minimum absolute atomic E-state index is 0.157. The molecule has 0 bridgehead atoms. The highest BCUT2D eigenvalue weighted by molar-refractivity contribution is 6.83. The number of alkyl halides is 4. The van der Waals surface area contributed by atoms with E-state index in [0.717, 1.165) is 0 Å². The summed E-state index contributed by atoms with van der Waals surface area (Å²) < 4.78 is 2.65. The molecule has 0 fully saturated rings. The Morgan fingerprint density at radius 1 is 1.36 bits per heavy atom. The number of carbonyl (C=O) groups is 1. The summed E-state index contributed by atoms with van der Waals surface area (Å²) in [4.78, 5) is 9.96. The molecule has 0 aromatic heterocycles. The quantitative estimate of drug-likeness (QED) is 0.521. The average molecular weight is 242 g/mol. The van der Waals surface area contributed by atoms with Crippen LogP contribution >= 0.6 is 46.4 Å². The van der Waals surface area contributed by atoms with Gasteiger partial charge in [-0.05, 0) is 0 Å². The van der Waals surface area contributed by atoms with Gasteiger partial charge in [-0.1, -0.05) is 53.3 Å². The van der Waals surface area contributed by atoms with E-state index in [4.69, 9.17) is 46.4 Å². The van der Waals surface area contributed by atoms with Crippen LogP contribution in [0.1, 0.15) is 13.3 Å². The first-order valence-corrected chi connectivity index (χ1v) is 4.14. The van der Waals surface area contributed by atoms with E-state index in [1.807, 2.05) is 0 Å². The van der Waals surface area contributed by atoms with Crippen LogP contribution in [0.25, 0.3) is 0 Å². The van der Waals surface area contributed by atoms with E-state index in [1.54, 1.807) is 6.92 Å². The van der Waals surface area contributed by atoms with Crippen LogP contribution in [0.5, 0.6) is 0 Å². The number of methoxy groups -OCH3 is 1. The summed E-state index contributed by atoms with van der Waals surface area (Å²) in [7, 11) is 1.38. The molecule has 0 amide bonds. The van der Waals surface area contributed by atoms with Gasteiger partial charge in [0, 0.05) is 6.42 Å². The van der Waals surface area contributed by atoms with Gasteiger partial charge in [-0.3, -0.25) is 4.79 Å². The number of halogens is 4. The van der Waals surface area contributed by atoms with Crippen LogP contribution < -0.4 is 0 Å². The lowest BCUT2D eigenvalue weighted by Crippen LogP contribution is -1.94. The fourth-order valence-electron chi connectivity index (χ4n) is 0.144. The summed E-state index contributed by atoms with van der Waals surface area (Å²) in [5.74, 6) is -0.157. The monoisotopic (exact) mass is 240 g/mol. The van der Waals surface area contributed by atoms with Crippen LogP contribution in [0.15, 0.2) is 0 Å². The van der Waals surface area contributed by atoms with Crippen molar-refractivity contribution >= 4 is 52.4 Å². The second-order valence-corrected chi connectivity index (χ2v) is 4.79.